The third kappa shape index (κ3) is 1.45. The fourth-order valence-electron chi connectivity index (χ4n) is 2.82. The second-order valence-corrected chi connectivity index (χ2v) is 4.85. The van der Waals surface area contributed by atoms with Crippen molar-refractivity contribution in [3.63, 3.8) is 0 Å². The largest absolute Gasteiger partial charge is 0.481 e. The van der Waals surface area contributed by atoms with Crippen molar-refractivity contribution in [1.82, 2.24) is 9.97 Å². The maximum atomic E-state index is 13.7. The third-order valence-electron chi connectivity index (χ3n) is 3.99. The highest BCUT2D eigenvalue weighted by Crippen LogP contribution is 2.69. The van der Waals surface area contributed by atoms with Gasteiger partial charge in [0.1, 0.15) is 5.41 Å². The normalized spacial score (nSPS) is 31.7. The van der Waals surface area contributed by atoms with E-state index in [2.05, 4.69) is 9.97 Å². The third-order valence-corrected chi connectivity index (χ3v) is 3.99. The van der Waals surface area contributed by atoms with E-state index in [4.69, 9.17) is 5.11 Å². The summed E-state index contributed by atoms with van der Waals surface area (Å²) in [6.07, 6.45) is 1.74. The van der Waals surface area contributed by atoms with E-state index in [9.17, 15) is 18.0 Å². The Bertz CT molecular complexity index is 536. The second kappa shape index (κ2) is 3.58. The van der Waals surface area contributed by atoms with Gasteiger partial charge < -0.3 is 10.0 Å². The number of carbonyl (C=O) groups is 1. The molecule has 3 rings (SSSR count). The Morgan fingerprint density at radius 3 is 2.58 bits per heavy atom. The van der Waals surface area contributed by atoms with Crippen molar-refractivity contribution < 1.29 is 23.1 Å². The molecule has 1 saturated carbocycles. The number of fused-ring (bicyclic) bond motifs is 1. The average Bonchev–Trinajstić information content (AvgIpc) is 2.88. The van der Waals surface area contributed by atoms with Crippen molar-refractivity contribution in [3.8, 4) is 0 Å². The first-order valence-corrected chi connectivity index (χ1v) is 5.73. The van der Waals surface area contributed by atoms with E-state index in [0.717, 1.165) is 12.4 Å². The number of carboxylic acid groups (broad SMARTS) is 1. The van der Waals surface area contributed by atoms with E-state index >= 15 is 0 Å². The Morgan fingerprint density at radius 2 is 2.05 bits per heavy atom. The topological polar surface area (TPSA) is 66.3 Å². The lowest BCUT2D eigenvalue weighted by atomic mass is 9.95. The maximum Gasteiger partial charge on any atom is 0.316 e. The van der Waals surface area contributed by atoms with Crippen LogP contribution in [0.5, 0.6) is 0 Å². The maximum absolute atomic E-state index is 13.7. The molecule has 2 unspecified atom stereocenters. The molecule has 2 aliphatic rings. The molecule has 8 heteroatoms. The summed E-state index contributed by atoms with van der Waals surface area (Å²) in [4.78, 5) is 19.9. The number of hydrogen-bond acceptors (Lipinski definition) is 4. The zero-order valence-corrected chi connectivity index (χ0v) is 9.68. The molecule has 1 aromatic heterocycles. The van der Waals surface area contributed by atoms with Crippen LogP contribution in [0.2, 0.25) is 0 Å². The predicted octanol–water partition coefficient (Wildman–Crippen LogP) is 1.16. The zero-order chi connectivity index (χ0) is 13.8. The van der Waals surface area contributed by atoms with Crippen LogP contribution >= 0.6 is 0 Å². The molecule has 19 heavy (non-hydrogen) atoms. The number of piperidine rings is 1. The van der Waals surface area contributed by atoms with Gasteiger partial charge >= 0.3 is 5.97 Å². The summed E-state index contributed by atoms with van der Waals surface area (Å²) in [5, 5.41) is 8.99. The van der Waals surface area contributed by atoms with E-state index in [1.807, 2.05) is 0 Å². The zero-order valence-electron chi connectivity index (χ0n) is 9.68. The van der Waals surface area contributed by atoms with Crippen LogP contribution in [0.4, 0.5) is 19.1 Å². The highest BCUT2D eigenvalue weighted by Gasteiger charge is 2.85. The molecule has 1 aliphatic carbocycles. The first kappa shape index (κ1) is 12.2. The molecule has 2 fully saturated rings. The molecule has 1 aromatic rings. The van der Waals surface area contributed by atoms with Gasteiger partial charge in [0.05, 0.1) is 18.3 Å². The molecular formula is C11H10F3N3O2. The average molecular weight is 273 g/mol. The van der Waals surface area contributed by atoms with E-state index in [1.54, 1.807) is 0 Å². The van der Waals surface area contributed by atoms with Gasteiger partial charge in [-0.1, -0.05) is 0 Å². The highest BCUT2D eigenvalue weighted by atomic mass is 19.3. The van der Waals surface area contributed by atoms with Crippen LogP contribution in [-0.2, 0) is 4.79 Å². The van der Waals surface area contributed by atoms with Crippen LogP contribution < -0.4 is 4.90 Å². The second-order valence-electron chi connectivity index (χ2n) is 4.85. The molecule has 5 nitrogen and oxygen atoms in total. The lowest BCUT2D eigenvalue weighted by molar-refractivity contribution is -0.148. The molecule has 0 bridgehead atoms. The summed E-state index contributed by atoms with van der Waals surface area (Å²) >= 11 is 0. The number of aromatic nitrogens is 2. The minimum absolute atomic E-state index is 0.115. The Labute approximate surface area is 106 Å². The van der Waals surface area contributed by atoms with Crippen molar-refractivity contribution in [2.45, 2.75) is 12.3 Å². The minimum atomic E-state index is -3.20. The van der Waals surface area contributed by atoms with Gasteiger partial charge in [0, 0.05) is 13.1 Å². The molecule has 102 valence electrons. The number of nitrogens with zero attached hydrogens (tertiary/aromatic N) is 3. The number of aliphatic carboxylic acids is 1. The summed E-state index contributed by atoms with van der Waals surface area (Å²) in [7, 11) is 0. The van der Waals surface area contributed by atoms with Gasteiger partial charge in [0.2, 0.25) is 5.95 Å². The van der Waals surface area contributed by atoms with Crippen LogP contribution in [0.15, 0.2) is 12.4 Å². The molecule has 0 amide bonds. The molecule has 1 N–H and O–H groups in total. The van der Waals surface area contributed by atoms with Crippen LogP contribution in [0, 0.1) is 17.2 Å². The van der Waals surface area contributed by atoms with E-state index in [0.29, 0.717) is 0 Å². The van der Waals surface area contributed by atoms with Gasteiger partial charge in [-0.05, 0) is 6.42 Å². The molecule has 0 aromatic carbocycles. The summed E-state index contributed by atoms with van der Waals surface area (Å²) in [6, 6.07) is 0. The molecule has 0 spiro atoms. The molecule has 1 aliphatic heterocycles. The fourth-order valence-corrected chi connectivity index (χ4v) is 2.82. The molecular weight excluding hydrogens is 263 g/mol. The molecule has 2 atom stereocenters. The smallest absolute Gasteiger partial charge is 0.316 e. The van der Waals surface area contributed by atoms with Gasteiger partial charge in [-0.2, -0.15) is 0 Å². The number of rotatable bonds is 2. The van der Waals surface area contributed by atoms with E-state index in [1.165, 1.54) is 4.90 Å². The lowest BCUT2D eigenvalue weighted by Gasteiger charge is -2.28. The van der Waals surface area contributed by atoms with Gasteiger partial charge in [-0.25, -0.2) is 23.1 Å². The summed E-state index contributed by atoms with van der Waals surface area (Å²) < 4.78 is 40.0. The molecule has 2 heterocycles. The quantitative estimate of drug-likeness (QED) is 0.876. The lowest BCUT2D eigenvalue weighted by Crippen LogP contribution is -2.38. The number of alkyl halides is 2. The van der Waals surface area contributed by atoms with Crippen molar-refractivity contribution in [1.29, 1.82) is 0 Å². The predicted molar refractivity (Wildman–Crippen MR) is 57.3 cm³/mol. The van der Waals surface area contributed by atoms with Crippen LogP contribution in [0.1, 0.15) is 6.42 Å². The first-order chi connectivity index (χ1) is 8.89. The Balaban J connectivity index is 1.82. The Hall–Kier alpha value is -1.86. The van der Waals surface area contributed by atoms with Gasteiger partial charge in [0.25, 0.3) is 5.92 Å². The molecule has 1 saturated heterocycles. The number of anilines is 1. The summed E-state index contributed by atoms with van der Waals surface area (Å²) in [5.41, 5.74) is -1.94. The summed E-state index contributed by atoms with van der Waals surface area (Å²) in [5.74, 6) is -6.37. The van der Waals surface area contributed by atoms with Crippen LogP contribution in [-0.4, -0.2) is 40.1 Å². The summed E-state index contributed by atoms with van der Waals surface area (Å²) in [6.45, 7) is -0.0189. The highest BCUT2D eigenvalue weighted by molar-refractivity contribution is 5.82. The van der Waals surface area contributed by atoms with Gasteiger partial charge in [-0.3, -0.25) is 4.79 Å². The Kier molecular flexibility index (Phi) is 2.30. The Morgan fingerprint density at radius 1 is 1.42 bits per heavy atom. The van der Waals surface area contributed by atoms with E-state index < -0.39 is 29.0 Å². The van der Waals surface area contributed by atoms with Crippen molar-refractivity contribution >= 4 is 11.9 Å². The monoisotopic (exact) mass is 273 g/mol. The van der Waals surface area contributed by atoms with Gasteiger partial charge in [0.15, 0.2) is 5.82 Å². The molecule has 0 radical (unpaired) electrons. The number of halogens is 3. The standard InChI is InChI=1S/C11H10F3N3O2/c12-6-3-15-9(16-4-6)17-2-1-10(8(18)19)7(5-17)11(10,13)14/h3-4,7H,1-2,5H2,(H,18,19). The SMILES string of the molecule is O=C(O)C12CCN(c3ncc(F)cn3)CC1C2(F)F. The minimum Gasteiger partial charge on any atom is -0.481 e. The van der Waals surface area contributed by atoms with Crippen molar-refractivity contribution in [2.75, 3.05) is 18.0 Å². The first-order valence-electron chi connectivity index (χ1n) is 5.73. The van der Waals surface area contributed by atoms with Crippen LogP contribution in [0.25, 0.3) is 0 Å². The van der Waals surface area contributed by atoms with Crippen molar-refractivity contribution in [3.05, 3.63) is 18.2 Å². The number of carboxylic acids is 1. The number of hydrogen-bond donors (Lipinski definition) is 1. The van der Waals surface area contributed by atoms with Crippen molar-refractivity contribution in [2.24, 2.45) is 11.3 Å². The van der Waals surface area contributed by atoms with E-state index in [-0.39, 0.29) is 25.5 Å². The fraction of sp³-hybridized carbons (Fsp3) is 0.545. The van der Waals surface area contributed by atoms with Gasteiger partial charge in [-0.15, -0.1) is 0 Å². The van der Waals surface area contributed by atoms with Crippen LogP contribution in [0.3, 0.4) is 0 Å².